The molecule has 1 amide bonds. The van der Waals surface area contributed by atoms with Gasteiger partial charge in [-0.05, 0) is 36.8 Å². The molecule has 0 aliphatic carbocycles. The molecule has 2 heterocycles. The number of rotatable bonds is 2. The van der Waals surface area contributed by atoms with E-state index < -0.39 is 6.04 Å². The molecular formula is C12H19ClN2OS. The molecule has 0 saturated carbocycles. The highest BCUT2D eigenvalue weighted by Gasteiger charge is 2.31. The highest BCUT2D eigenvalue weighted by atomic mass is 35.5. The molecule has 2 atom stereocenters. The van der Waals surface area contributed by atoms with E-state index in [2.05, 4.69) is 18.4 Å². The van der Waals surface area contributed by atoms with Crippen molar-refractivity contribution < 1.29 is 4.79 Å². The molecular weight excluding hydrogens is 256 g/mol. The molecule has 2 N–H and O–H groups in total. The third-order valence-corrected chi connectivity index (χ3v) is 4.15. The predicted molar refractivity (Wildman–Crippen MR) is 73.7 cm³/mol. The first-order chi connectivity index (χ1) is 7.65. The first kappa shape index (κ1) is 14.5. The van der Waals surface area contributed by atoms with Gasteiger partial charge < -0.3 is 10.6 Å². The van der Waals surface area contributed by atoms with Gasteiger partial charge in [0.25, 0.3) is 0 Å². The highest BCUT2D eigenvalue weighted by molar-refractivity contribution is 7.10. The minimum atomic E-state index is -0.394. The summed E-state index contributed by atoms with van der Waals surface area (Å²) in [6.45, 7) is 4.70. The zero-order chi connectivity index (χ0) is 11.7. The van der Waals surface area contributed by atoms with Crippen molar-refractivity contribution in [3.05, 3.63) is 21.9 Å². The summed E-state index contributed by atoms with van der Waals surface area (Å²) >= 11 is 1.80. The molecule has 0 spiro atoms. The van der Waals surface area contributed by atoms with Crippen LogP contribution in [0, 0.1) is 0 Å². The van der Waals surface area contributed by atoms with Crippen LogP contribution >= 0.6 is 23.7 Å². The van der Waals surface area contributed by atoms with Crippen LogP contribution in [0.3, 0.4) is 0 Å². The summed E-state index contributed by atoms with van der Waals surface area (Å²) in [7, 11) is 0. The van der Waals surface area contributed by atoms with Gasteiger partial charge in [0, 0.05) is 11.4 Å². The topological polar surface area (TPSA) is 46.3 Å². The van der Waals surface area contributed by atoms with E-state index >= 15 is 0 Å². The minimum absolute atomic E-state index is 0. The zero-order valence-corrected chi connectivity index (χ0v) is 11.8. The summed E-state index contributed by atoms with van der Waals surface area (Å²) in [5.41, 5.74) is 7.02. The first-order valence-corrected chi connectivity index (χ1v) is 6.65. The lowest BCUT2D eigenvalue weighted by Gasteiger charge is -2.36. The second kappa shape index (κ2) is 5.85. The molecule has 1 unspecified atom stereocenters. The third kappa shape index (κ3) is 2.64. The molecule has 0 aromatic carbocycles. The molecule has 17 heavy (non-hydrogen) atoms. The van der Waals surface area contributed by atoms with E-state index in [9.17, 15) is 4.79 Å². The summed E-state index contributed by atoms with van der Waals surface area (Å²) < 4.78 is 0. The van der Waals surface area contributed by atoms with Gasteiger partial charge in [-0.3, -0.25) is 4.79 Å². The number of amides is 1. The van der Waals surface area contributed by atoms with Gasteiger partial charge in [0.1, 0.15) is 0 Å². The fourth-order valence-corrected chi connectivity index (χ4v) is 3.29. The number of nitrogens with two attached hydrogens (primary N) is 1. The lowest BCUT2D eigenvalue weighted by atomic mass is 9.97. The number of hydrogen-bond donors (Lipinski definition) is 1. The molecule has 0 fully saturated rings. The van der Waals surface area contributed by atoms with Gasteiger partial charge in [0.15, 0.2) is 0 Å². The standard InChI is InChI=1S/C12H18N2OS.ClH/c1-3-10-9-5-7-16-11(9)4-6-14(10)12(15)8(2)13;/h5,7-8,10H,3-4,6,13H2,1-2H3;1H/t8-,10?;/m1./s1. The minimum Gasteiger partial charge on any atom is -0.334 e. The number of thiophene rings is 1. The van der Waals surface area contributed by atoms with Crippen LogP contribution in [0.5, 0.6) is 0 Å². The van der Waals surface area contributed by atoms with E-state index in [1.807, 2.05) is 4.90 Å². The summed E-state index contributed by atoms with van der Waals surface area (Å²) in [4.78, 5) is 15.4. The molecule has 1 aromatic rings. The van der Waals surface area contributed by atoms with Gasteiger partial charge in [-0.15, -0.1) is 23.7 Å². The van der Waals surface area contributed by atoms with Crippen LogP contribution < -0.4 is 5.73 Å². The van der Waals surface area contributed by atoms with Crippen LogP contribution in [-0.4, -0.2) is 23.4 Å². The largest absolute Gasteiger partial charge is 0.334 e. The maximum Gasteiger partial charge on any atom is 0.239 e. The Kier molecular flexibility index (Phi) is 4.98. The molecule has 3 nitrogen and oxygen atoms in total. The third-order valence-electron chi connectivity index (χ3n) is 3.15. The lowest BCUT2D eigenvalue weighted by Crippen LogP contribution is -2.46. The van der Waals surface area contributed by atoms with Crippen molar-refractivity contribution in [1.82, 2.24) is 4.90 Å². The van der Waals surface area contributed by atoms with Crippen LogP contribution in [-0.2, 0) is 11.2 Å². The molecule has 2 rings (SSSR count). The second-order valence-electron chi connectivity index (χ2n) is 4.29. The summed E-state index contributed by atoms with van der Waals surface area (Å²) in [5.74, 6) is 0.0729. The number of fused-ring (bicyclic) bond motifs is 1. The smallest absolute Gasteiger partial charge is 0.239 e. The number of halogens is 1. The molecule has 0 saturated heterocycles. The number of nitrogens with zero attached hydrogens (tertiary/aromatic N) is 1. The Morgan fingerprint density at radius 2 is 2.41 bits per heavy atom. The summed E-state index contributed by atoms with van der Waals surface area (Å²) in [6.07, 6.45) is 1.93. The molecule has 0 radical (unpaired) electrons. The van der Waals surface area contributed by atoms with Gasteiger partial charge in [-0.25, -0.2) is 0 Å². The van der Waals surface area contributed by atoms with Gasteiger partial charge >= 0.3 is 0 Å². The van der Waals surface area contributed by atoms with Crippen molar-refractivity contribution >= 4 is 29.7 Å². The van der Waals surface area contributed by atoms with Crippen LogP contribution in [0.15, 0.2) is 11.4 Å². The van der Waals surface area contributed by atoms with Gasteiger partial charge in [-0.2, -0.15) is 0 Å². The highest BCUT2D eigenvalue weighted by Crippen LogP contribution is 2.35. The maximum atomic E-state index is 12.0. The van der Waals surface area contributed by atoms with Gasteiger partial charge in [0.05, 0.1) is 12.1 Å². The van der Waals surface area contributed by atoms with E-state index in [1.165, 1.54) is 10.4 Å². The van der Waals surface area contributed by atoms with Crippen LogP contribution in [0.1, 0.15) is 36.8 Å². The Labute approximate surface area is 112 Å². The first-order valence-electron chi connectivity index (χ1n) is 5.77. The predicted octanol–water partition coefficient (Wildman–Crippen LogP) is 2.35. The Hall–Kier alpha value is -0.580. The van der Waals surface area contributed by atoms with Crippen molar-refractivity contribution in [2.45, 2.75) is 38.8 Å². The fourth-order valence-electron chi connectivity index (χ4n) is 2.36. The maximum absolute atomic E-state index is 12.0. The average molecular weight is 275 g/mol. The monoisotopic (exact) mass is 274 g/mol. The van der Waals surface area contributed by atoms with Gasteiger partial charge in [0.2, 0.25) is 5.91 Å². The Morgan fingerprint density at radius 3 is 3.00 bits per heavy atom. The van der Waals surface area contributed by atoms with Crippen molar-refractivity contribution in [1.29, 1.82) is 0 Å². The van der Waals surface area contributed by atoms with Crippen LogP contribution in [0.4, 0.5) is 0 Å². The normalized spacial score (nSPS) is 20.4. The quantitative estimate of drug-likeness (QED) is 0.900. The van der Waals surface area contributed by atoms with Crippen molar-refractivity contribution in [2.75, 3.05) is 6.54 Å². The van der Waals surface area contributed by atoms with Gasteiger partial charge in [-0.1, -0.05) is 6.92 Å². The van der Waals surface area contributed by atoms with Crippen molar-refractivity contribution in [3.8, 4) is 0 Å². The molecule has 1 aliphatic heterocycles. The lowest BCUT2D eigenvalue weighted by molar-refractivity contribution is -0.135. The summed E-state index contributed by atoms with van der Waals surface area (Å²) in [5, 5.41) is 2.12. The van der Waals surface area contributed by atoms with Crippen molar-refractivity contribution in [2.24, 2.45) is 5.73 Å². The second-order valence-corrected chi connectivity index (χ2v) is 5.29. The SMILES string of the molecule is CCC1c2ccsc2CCN1C(=O)[C@@H](C)N.Cl. The van der Waals surface area contributed by atoms with E-state index in [0.717, 1.165) is 19.4 Å². The van der Waals surface area contributed by atoms with Crippen LogP contribution in [0.2, 0.25) is 0 Å². The van der Waals surface area contributed by atoms with Crippen molar-refractivity contribution in [3.63, 3.8) is 0 Å². The molecule has 0 bridgehead atoms. The zero-order valence-electron chi connectivity index (χ0n) is 10.2. The van der Waals surface area contributed by atoms with E-state index in [-0.39, 0.29) is 24.4 Å². The number of carbonyl (C=O) groups is 1. The number of carbonyl (C=O) groups excluding carboxylic acids is 1. The molecule has 1 aliphatic rings. The number of hydrogen-bond acceptors (Lipinski definition) is 3. The van der Waals surface area contributed by atoms with E-state index in [0.29, 0.717) is 0 Å². The Balaban J connectivity index is 0.00000144. The molecule has 1 aromatic heterocycles. The Morgan fingerprint density at radius 1 is 1.71 bits per heavy atom. The van der Waals surface area contributed by atoms with E-state index in [4.69, 9.17) is 5.73 Å². The summed E-state index contributed by atoms with van der Waals surface area (Å²) in [6, 6.07) is 1.98. The van der Waals surface area contributed by atoms with E-state index in [1.54, 1.807) is 18.3 Å². The Bertz CT molecular complexity index is 392. The molecule has 96 valence electrons. The molecule has 5 heteroatoms. The van der Waals surface area contributed by atoms with Crippen LogP contribution in [0.25, 0.3) is 0 Å². The average Bonchev–Trinajstić information content (AvgIpc) is 2.74. The fraction of sp³-hybridized carbons (Fsp3) is 0.583.